The van der Waals surface area contributed by atoms with Crippen molar-refractivity contribution in [2.24, 2.45) is 0 Å². The van der Waals surface area contributed by atoms with Crippen LogP contribution in [0.1, 0.15) is 22.2 Å². The Balaban J connectivity index is 1.97. The zero-order chi connectivity index (χ0) is 14.5. The van der Waals surface area contributed by atoms with Crippen LogP contribution in [0.4, 0.5) is 5.69 Å². The molecule has 0 aliphatic rings. The molecule has 4 heteroatoms. The van der Waals surface area contributed by atoms with Gasteiger partial charge in [0.15, 0.2) is 0 Å². The van der Waals surface area contributed by atoms with Crippen LogP contribution in [0.15, 0.2) is 36.4 Å². The highest BCUT2D eigenvalue weighted by Crippen LogP contribution is 2.18. The minimum absolute atomic E-state index is 0.0809. The topological polar surface area (TPSA) is 32.3 Å². The van der Waals surface area contributed by atoms with E-state index in [1.54, 1.807) is 11.8 Å². The first-order chi connectivity index (χ1) is 9.54. The molecule has 0 aliphatic carbocycles. The number of thiophene rings is 1. The third kappa shape index (κ3) is 4.10. The van der Waals surface area contributed by atoms with Crippen LogP contribution in [-0.2, 0) is 17.9 Å². The number of nitrogens with zero attached hydrogens (tertiary/aromatic N) is 1. The second-order valence-corrected chi connectivity index (χ2v) is 6.31. The molecule has 1 amide bonds. The van der Waals surface area contributed by atoms with Gasteiger partial charge in [0.1, 0.15) is 0 Å². The fourth-order valence-electron chi connectivity index (χ4n) is 1.93. The Kier molecular flexibility index (Phi) is 4.79. The zero-order valence-corrected chi connectivity index (χ0v) is 13.0. The van der Waals surface area contributed by atoms with Gasteiger partial charge in [0.2, 0.25) is 5.91 Å². The molecule has 1 aromatic heterocycles. The number of anilines is 1. The monoisotopic (exact) mass is 288 g/mol. The van der Waals surface area contributed by atoms with Crippen molar-refractivity contribution in [2.45, 2.75) is 26.9 Å². The largest absolute Gasteiger partial charge is 0.380 e. The summed E-state index contributed by atoms with van der Waals surface area (Å²) in [5.41, 5.74) is 2.22. The van der Waals surface area contributed by atoms with Gasteiger partial charge >= 0.3 is 0 Å². The van der Waals surface area contributed by atoms with Gasteiger partial charge in [-0.1, -0.05) is 12.1 Å². The fraction of sp³-hybridized carbons (Fsp3) is 0.312. The van der Waals surface area contributed by atoms with E-state index in [2.05, 4.69) is 36.5 Å². The number of carbonyl (C=O) groups excluding carboxylic acids is 1. The van der Waals surface area contributed by atoms with Crippen molar-refractivity contribution in [3.63, 3.8) is 0 Å². The van der Waals surface area contributed by atoms with Gasteiger partial charge in [-0.05, 0) is 36.8 Å². The Hall–Kier alpha value is -1.81. The van der Waals surface area contributed by atoms with Gasteiger partial charge in [0.05, 0.1) is 0 Å². The van der Waals surface area contributed by atoms with Gasteiger partial charge in [-0.15, -0.1) is 11.3 Å². The number of amides is 1. The molecule has 1 N–H and O–H groups in total. The summed E-state index contributed by atoms with van der Waals surface area (Å²) >= 11 is 1.81. The molecule has 0 unspecified atom stereocenters. The van der Waals surface area contributed by atoms with E-state index in [-0.39, 0.29) is 5.91 Å². The molecule has 0 aliphatic heterocycles. The summed E-state index contributed by atoms with van der Waals surface area (Å²) < 4.78 is 0. The Labute approximate surface area is 124 Å². The highest BCUT2D eigenvalue weighted by Gasteiger charge is 2.04. The van der Waals surface area contributed by atoms with Gasteiger partial charge in [0.25, 0.3) is 0 Å². The standard InChI is InChI=1S/C16H20N2OS/c1-12-7-8-16(20-12)10-17-15-6-4-5-14(9-15)11-18(3)13(2)19/h4-9,17H,10-11H2,1-3H3. The van der Waals surface area contributed by atoms with E-state index in [0.717, 1.165) is 17.8 Å². The molecule has 0 atom stereocenters. The van der Waals surface area contributed by atoms with E-state index in [1.807, 2.05) is 30.5 Å². The number of benzene rings is 1. The zero-order valence-electron chi connectivity index (χ0n) is 12.1. The normalized spacial score (nSPS) is 10.3. The predicted molar refractivity (Wildman–Crippen MR) is 85.0 cm³/mol. The molecule has 1 heterocycles. The van der Waals surface area contributed by atoms with Crippen LogP contribution in [0.2, 0.25) is 0 Å². The lowest BCUT2D eigenvalue weighted by atomic mass is 10.2. The minimum atomic E-state index is 0.0809. The molecule has 20 heavy (non-hydrogen) atoms. The van der Waals surface area contributed by atoms with E-state index in [1.165, 1.54) is 9.75 Å². The van der Waals surface area contributed by atoms with Crippen molar-refractivity contribution in [3.05, 3.63) is 51.7 Å². The van der Waals surface area contributed by atoms with Crippen molar-refractivity contribution in [3.8, 4) is 0 Å². The minimum Gasteiger partial charge on any atom is -0.380 e. The molecule has 0 spiro atoms. The van der Waals surface area contributed by atoms with Gasteiger partial charge in [-0.2, -0.15) is 0 Å². The Bertz CT molecular complexity index is 592. The first kappa shape index (κ1) is 14.6. The predicted octanol–water partition coefficient (Wildman–Crippen LogP) is 3.65. The number of carbonyl (C=O) groups is 1. The molecule has 0 fully saturated rings. The lowest BCUT2D eigenvalue weighted by molar-refractivity contribution is -0.128. The first-order valence-electron chi connectivity index (χ1n) is 6.64. The van der Waals surface area contributed by atoms with Gasteiger partial charge in [-0.3, -0.25) is 4.79 Å². The fourth-order valence-corrected chi connectivity index (χ4v) is 2.76. The maximum absolute atomic E-state index is 11.3. The van der Waals surface area contributed by atoms with Crippen LogP contribution >= 0.6 is 11.3 Å². The number of nitrogens with one attached hydrogen (secondary N) is 1. The van der Waals surface area contributed by atoms with Crippen LogP contribution < -0.4 is 5.32 Å². The molecule has 0 saturated carbocycles. The van der Waals surface area contributed by atoms with Crippen molar-refractivity contribution in [1.29, 1.82) is 0 Å². The summed E-state index contributed by atoms with van der Waals surface area (Å²) in [5.74, 6) is 0.0809. The lowest BCUT2D eigenvalue weighted by Gasteiger charge is -2.15. The molecule has 0 radical (unpaired) electrons. The summed E-state index contributed by atoms with van der Waals surface area (Å²) in [6.45, 7) is 5.18. The second-order valence-electron chi connectivity index (χ2n) is 4.94. The average Bonchev–Trinajstić information content (AvgIpc) is 2.82. The van der Waals surface area contributed by atoms with Crippen molar-refractivity contribution in [2.75, 3.05) is 12.4 Å². The van der Waals surface area contributed by atoms with Crippen LogP contribution in [0.5, 0.6) is 0 Å². The summed E-state index contributed by atoms with van der Waals surface area (Å²) in [7, 11) is 1.82. The molecule has 2 aromatic rings. The van der Waals surface area contributed by atoms with E-state index in [0.29, 0.717) is 6.54 Å². The molecule has 0 saturated heterocycles. The molecular weight excluding hydrogens is 268 g/mol. The van der Waals surface area contributed by atoms with E-state index in [9.17, 15) is 4.79 Å². The van der Waals surface area contributed by atoms with E-state index < -0.39 is 0 Å². The second kappa shape index (κ2) is 6.57. The third-order valence-electron chi connectivity index (χ3n) is 3.15. The van der Waals surface area contributed by atoms with E-state index in [4.69, 9.17) is 0 Å². The molecule has 1 aromatic carbocycles. The Morgan fingerprint density at radius 2 is 2.10 bits per heavy atom. The average molecular weight is 288 g/mol. The van der Waals surface area contributed by atoms with Crippen molar-refractivity contribution < 1.29 is 4.79 Å². The molecule has 106 valence electrons. The Morgan fingerprint density at radius 1 is 1.30 bits per heavy atom. The SMILES string of the molecule is CC(=O)N(C)Cc1cccc(NCc2ccc(C)s2)c1. The number of aryl methyl sites for hydroxylation is 1. The maximum Gasteiger partial charge on any atom is 0.219 e. The highest BCUT2D eigenvalue weighted by atomic mass is 32.1. The van der Waals surface area contributed by atoms with Crippen molar-refractivity contribution >= 4 is 22.9 Å². The van der Waals surface area contributed by atoms with Crippen LogP contribution in [0.3, 0.4) is 0 Å². The summed E-state index contributed by atoms with van der Waals surface area (Å²) in [5, 5.41) is 3.42. The summed E-state index contributed by atoms with van der Waals surface area (Å²) in [4.78, 5) is 15.6. The van der Waals surface area contributed by atoms with Crippen molar-refractivity contribution in [1.82, 2.24) is 4.90 Å². The quantitative estimate of drug-likeness (QED) is 0.911. The van der Waals surface area contributed by atoms with E-state index >= 15 is 0 Å². The molecular formula is C16H20N2OS. The smallest absolute Gasteiger partial charge is 0.219 e. The molecule has 2 rings (SSSR count). The highest BCUT2D eigenvalue weighted by molar-refractivity contribution is 7.11. The molecule has 3 nitrogen and oxygen atoms in total. The summed E-state index contributed by atoms with van der Waals surface area (Å²) in [6, 6.07) is 12.5. The van der Waals surface area contributed by atoms with Gasteiger partial charge in [0, 0.05) is 42.5 Å². The first-order valence-corrected chi connectivity index (χ1v) is 7.46. The van der Waals surface area contributed by atoms with Gasteiger partial charge < -0.3 is 10.2 Å². The van der Waals surface area contributed by atoms with Crippen LogP contribution in [-0.4, -0.2) is 17.9 Å². The number of hydrogen-bond acceptors (Lipinski definition) is 3. The third-order valence-corrected chi connectivity index (χ3v) is 4.15. The molecule has 0 bridgehead atoms. The number of rotatable bonds is 5. The lowest BCUT2D eigenvalue weighted by Crippen LogP contribution is -2.22. The Morgan fingerprint density at radius 3 is 2.75 bits per heavy atom. The van der Waals surface area contributed by atoms with Crippen LogP contribution in [0, 0.1) is 6.92 Å². The number of hydrogen-bond donors (Lipinski definition) is 1. The summed E-state index contributed by atoms with van der Waals surface area (Å²) in [6.07, 6.45) is 0. The van der Waals surface area contributed by atoms with Crippen LogP contribution in [0.25, 0.3) is 0 Å². The maximum atomic E-state index is 11.3. The van der Waals surface area contributed by atoms with Gasteiger partial charge in [-0.25, -0.2) is 0 Å².